The number of anilines is 3. The molecule has 0 fully saturated rings. The van der Waals surface area contributed by atoms with Gasteiger partial charge in [-0.15, -0.1) is 5.10 Å². The average Bonchev–Trinajstić information content (AvgIpc) is 3.16. The van der Waals surface area contributed by atoms with E-state index >= 15 is 0 Å². The Balaban J connectivity index is 1.67. The molecule has 0 saturated carbocycles. The van der Waals surface area contributed by atoms with Crippen molar-refractivity contribution in [2.24, 2.45) is 0 Å². The molecule has 0 aliphatic carbocycles. The number of para-hydroxylation sites is 1. The maximum atomic E-state index is 13.2. The van der Waals surface area contributed by atoms with Gasteiger partial charge in [-0.25, -0.2) is 9.07 Å². The molecule has 8 nitrogen and oxygen atoms in total. The summed E-state index contributed by atoms with van der Waals surface area (Å²) in [6, 6.07) is 14.7. The molecule has 9 heteroatoms. The van der Waals surface area contributed by atoms with Crippen molar-refractivity contribution in [2.75, 3.05) is 23.4 Å². The summed E-state index contributed by atoms with van der Waals surface area (Å²) in [5, 5.41) is 4.26. The Morgan fingerprint density at radius 3 is 2.41 bits per heavy atom. The highest BCUT2D eigenvalue weighted by Gasteiger charge is 2.26. The van der Waals surface area contributed by atoms with Crippen LogP contribution in [0.25, 0.3) is 0 Å². The van der Waals surface area contributed by atoms with E-state index in [1.165, 1.54) is 21.6 Å². The molecule has 2 heterocycles. The zero-order valence-corrected chi connectivity index (χ0v) is 15.7. The van der Waals surface area contributed by atoms with Gasteiger partial charge in [0.2, 0.25) is 11.9 Å². The first-order chi connectivity index (χ1) is 14.0. The maximum absolute atomic E-state index is 13.2. The van der Waals surface area contributed by atoms with Crippen molar-refractivity contribution in [2.45, 2.75) is 13.1 Å². The lowest BCUT2D eigenvalue weighted by Crippen LogP contribution is -2.45. The SMILES string of the molecule is CN(C(=O)Cn1nc2n(c(=O)c1=O)CCN2c1ccc(F)cc1)c1ccccc1. The van der Waals surface area contributed by atoms with Gasteiger partial charge in [-0.1, -0.05) is 18.2 Å². The molecule has 148 valence electrons. The van der Waals surface area contributed by atoms with Crippen molar-refractivity contribution < 1.29 is 9.18 Å². The van der Waals surface area contributed by atoms with E-state index in [1.807, 2.05) is 6.07 Å². The molecule has 29 heavy (non-hydrogen) atoms. The van der Waals surface area contributed by atoms with Crippen molar-refractivity contribution in [3.8, 4) is 0 Å². The lowest BCUT2D eigenvalue weighted by atomic mass is 10.3. The van der Waals surface area contributed by atoms with Crippen LogP contribution in [-0.4, -0.2) is 33.8 Å². The van der Waals surface area contributed by atoms with Gasteiger partial charge < -0.3 is 9.80 Å². The first-order valence-corrected chi connectivity index (χ1v) is 9.02. The number of hydrogen-bond donors (Lipinski definition) is 0. The third-order valence-electron chi connectivity index (χ3n) is 4.84. The van der Waals surface area contributed by atoms with E-state index in [-0.39, 0.29) is 30.8 Å². The van der Waals surface area contributed by atoms with Gasteiger partial charge >= 0.3 is 11.1 Å². The van der Waals surface area contributed by atoms with E-state index in [9.17, 15) is 18.8 Å². The minimum atomic E-state index is -0.857. The molecule has 0 bridgehead atoms. The van der Waals surface area contributed by atoms with Crippen molar-refractivity contribution >= 4 is 23.2 Å². The Bertz CT molecular complexity index is 1170. The molecule has 1 aliphatic rings. The fraction of sp³-hybridized carbons (Fsp3) is 0.200. The summed E-state index contributed by atoms with van der Waals surface area (Å²) in [4.78, 5) is 40.7. The highest BCUT2D eigenvalue weighted by molar-refractivity contribution is 5.92. The van der Waals surface area contributed by atoms with Gasteiger partial charge in [-0.3, -0.25) is 19.0 Å². The predicted octanol–water partition coefficient (Wildman–Crippen LogP) is 1.36. The topological polar surface area (TPSA) is 80.4 Å². The molecule has 0 saturated heterocycles. The summed E-state index contributed by atoms with van der Waals surface area (Å²) < 4.78 is 15.4. The Morgan fingerprint density at radius 1 is 1.03 bits per heavy atom. The number of halogens is 1. The predicted molar refractivity (Wildman–Crippen MR) is 106 cm³/mol. The Labute approximate surface area is 165 Å². The zero-order valence-electron chi connectivity index (χ0n) is 15.7. The van der Waals surface area contributed by atoms with Gasteiger partial charge in [0.05, 0.1) is 0 Å². The number of aromatic nitrogens is 3. The second-order valence-corrected chi connectivity index (χ2v) is 6.64. The van der Waals surface area contributed by atoms with E-state index in [2.05, 4.69) is 5.10 Å². The zero-order chi connectivity index (χ0) is 20.5. The fourth-order valence-corrected chi connectivity index (χ4v) is 3.23. The highest BCUT2D eigenvalue weighted by atomic mass is 19.1. The summed E-state index contributed by atoms with van der Waals surface area (Å²) in [7, 11) is 1.59. The van der Waals surface area contributed by atoms with E-state index in [4.69, 9.17) is 0 Å². The Morgan fingerprint density at radius 2 is 1.72 bits per heavy atom. The van der Waals surface area contributed by atoms with Crippen LogP contribution in [0.5, 0.6) is 0 Å². The third-order valence-corrected chi connectivity index (χ3v) is 4.84. The maximum Gasteiger partial charge on any atom is 0.333 e. The number of likely N-dealkylation sites (N-methyl/N-ethyl adjacent to an activating group) is 1. The van der Waals surface area contributed by atoms with Crippen LogP contribution in [0, 0.1) is 5.82 Å². The van der Waals surface area contributed by atoms with E-state index in [1.54, 1.807) is 48.3 Å². The lowest BCUT2D eigenvalue weighted by molar-refractivity contribution is -0.119. The van der Waals surface area contributed by atoms with Crippen LogP contribution >= 0.6 is 0 Å². The summed E-state index contributed by atoms with van der Waals surface area (Å²) >= 11 is 0. The van der Waals surface area contributed by atoms with Gasteiger partial charge in [-0.2, -0.15) is 0 Å². The smallest absolute Gasteiger partial charge is 0.314 e. The summed E-state index contributed by atoms with van der Waals surface area (Å²) in [5.41, 5.74) is -0.293. The van der Waals surface area contributed by atoms with Gasteiger partial charge in [0.25, 0.3) is 0 Å². The number of nitrogens with zero attached hydrogens (tertiary/aromatic N) is 5. The van der Waals surface area contributed by atoms with Crippen molar-refractivity contribution in [1.29, 1.82) is 0 Å². The molecule has 1 aromatic heterocycles. The quantitative estimate of drug-likeness (QED) is 0.623. The van der Waals surface area contributed by atoms with Gasteiger partial charge in [-0.05, 0) is 36.4 Å². The van der Waals surface area contributed by atoms with Crippen LogP contribution in [0.3, 0.4) is 0 Å². The molecule has 0 unspecified atom stereocenters. The fourth-order valence-electron chi connectivity index (χ4n) is 3.23. The number of fused-ring (bicyclic) bond motifs is 1. The number of hydrogen-bond acceptors (Lipinski definition) is 5. The molecule has 4 rings (SSSR count). The minimum Gasteiger partial charge on any atom is -0.314 e. The summed E-state index contributed by atoms with van der Waals surface area (Å²) in [6.45, 7) is 0.326. The van der Waals surface area contributed by atoms with E-state index in [0.717, 1.165) is 4.68 Å². The van der Waals surface area contributed by atoms with Crippen LogP contribution < -0.4 is 20.9 Å². The monoisotopic (exact) mass is 395 g/mol. The lowest BCUT2D eigenvalue weighted by Gasteiger charge is -2.19. The van der Waals surface area contributed by atoms with Crippen molar-refractivity contribution in [3.05, 3.63) is 81.1 Å². The van der Waals surface area contributed by atoms with Crippen LogP contribution in [0.2, 0.25) is 0 Å². The van der Waals surface area contributed by atoms with E-state index in [0.29, 0.717) is 17.9 Å². The van der Waals surface area contributed by atoms with Crippen LogP contribution in [0.15, 0.2) is 64.2 Å². The number of rotatable bonds is 4. The normalized spacial score (nSPS) is 12.7. The second-order valence-electron chi connectivity index (χ2n) is 6.64. The van der Waals surface area contributed by atoms with Crippen molar-refractivity contribution in [1.82, 2.24) is 14.3 Å². The van der Waals surface area contributed by atoms with Crippen LogP contribution in [0.1, 0.15) is 0 Å². The van der Waals surface area contributed by atoms with E-state index < -0.39 is 11.1 Å². The number of carbonyl (C=O) groups is 1. The van der Waals surface area contributed by atoms with Gasteiger partial charge in [0, 0.05) is 31.5 Å². The standard InChI is InChI=1S/C20H18FN5O3/c1-23(15-5-3-2-4-6-15)17(27)13-26-19(29)18(28)25-12-11-24(20(25)22-26)16-9-7-14(21)8-10-16/h2-10H,11-13H2,1H3. The molecule has 2 aromatic carbocycles. The van der Waals surface area contributed by atoms with Crippen LogP contribution in [0.4, 0.5) is 21.7 Å². The molecule has 3 aromatic rings. The molecule has 0 atom stereocenters. The number of benzene rings is 2. The Kier molecular flexibility index (Phi) is 4.71. The highest BCUT2D eigenvalue weighted by Crippen LogP contribution is 2.26. The van der Waals surface area contributed by atoms with Gasteiger partial charge in [0.1, 0.15) is 12.4 Å². The number of amides is 1. The van der Waals surface area contributed by atoms with Gasteiger partial charge in [0.15, 0.2) is 0 Å². The molecule has 0 radical (unpaired) electrons. The molecular formula is C20H18FN5O3. The largest absolute Gasteiger partial charge is 0.333 e. The first kappa shape index (κ1) is 18.6. The molecule has 0 spiro atoms. The molecule has 1 aliphatic heterocycles. The summed E-state index contributed by atoms with van der Waals surface area (Å²) in [5.74, 6) is -0.518. The first-order valence-electron chi connectivity index (χ1n) is 9.02. The molecular weight excluding hydrogens is 377 g/mol. The third kappa shape index (κ3) is 3.42. The minimum absolute atomic E-state index is 0.247. The molecule has 1 amide bonds. The van der Waals surface area contributed by atoms with Crippen LogP contribution in [-0.2, 0) is 17.9 Å². The van der Waals surface area contributed by atoms with Crippen molar-refractivity contribution in [3.63, 3.8) is 0 Å². The Hall–Kier alpha value is -3.75. The summed E-state index contributed by atoms with van der Waals surface area (Å²) in [6.07, 6.45) is 0. The molecule has 0 N–H and O–H groups in total. The number of carbonyl (C=O) groups excluding carboxylic acids is 1. The second kappa shape index (κ2) is 7.34. The average molecular weight is 395 g/mol.